The lowest BCUT2D eigenvalue weighted by Gasteiger charge is -2.13. The molecule has 2 nitrogen and oxygen atoms in total. The number of carbonyl (C=O) groups is 1. The summed E-state index contributed by atoms with van der Waals surface area (Å²) >= 11 is 7.05. The Bertz CT molecular complexity index is 282. The lowest BCUT2D eigenvalue weighted by molar-refractivity contribution is -0.114. The van der Waals surface area contributed by atoms with Crippen LogP contribution in [0, 0.1) is 5.41 Å². The van der Waals surface area contributed by atoms with Crippen molar-refractivity contribution in [3.05, 3.63) is 15.5 Å². The first-order valence-corrected chi connectivity index (χ1v) is 4.85. The van der Waals surface area contributed by atoms with Gasteiger partial charge in [0, 0.05) is 17.2 Å². The second kappa shape index (κ2) is 3.54. The molecule has 1 heterocycles. The van der Waals surface area contributed by atoms with E-state index in [4.69, 9.17) is 11.6 Å². The van der Waals surface area contributed by atoms with E-state index in [-0.39, 0.29) is 5.41 Å². The van der Waals surface area contributed by atoms with E-state index >= 15 is 0 Å². The Balaban J connectivity index is 2.69. The number of thiazole rings is 1. The van der Waals surface area contributed by atoms with Crippen molar-refractivity contribution in [2.45, 2.75) is 20.3 Å². The highest BCUT2D eigenvalue weighted by Gasteiger charge is 2.18. The molecule has 1 aromatic heterocycles. The van der Waals surface area contributed by atoms with Crippen molar-refractivity contribution in [1.82, 2.24) is 4.98 Å². The van der Waals surface area contributed by atoms with Crippen LogP contribution in [0.4, 0.5) is 0 Å². The Morgan fingerprint density at radius 2 is 2.42 bits per heavy atom. The highest BCUT2D eigenvalue weighted by atomic mass is 35.5. The highest BCUT2D eigenvalue weighted by molar-refractivity contribution is 7.13. The molecule has 0 saturated heterocycles. The van der Waals surface area contributed by atoms with E-state index in [1.807, 2.05) is 19.2 Å². The predicted molar refractivity (Wildman–Crippen MR) is 50.7 cm³/mol. The van der Waals surface area contributed by atoms with Crippen molar-refractivity contribution in [3.63, 3.8) is 0 Å². The van der Waals surface area contributed by atoms with Gasteiger partial charge < -0.3 is 4.79 Å². The first kappa shape index (κ1) is 9.68. The lowest BCUT2D eigenvalue weighted by Crippen LogP contribution is -2.16. The molecular weight excluding hydrogens is 194 g/mol. The number of halogens is 1. The van der Waals surface area contributed by atoms with E-state index in [1.54, 1.807) is 0 Å². The standard InChI is InChI=1S/C8H10ClNOS/c1-8(2,5-11)3-6-4-12-7(9)10-6/h4-5H,3H2,1-2H3. The molecule has 0 amide bonds. The van der Waals surface area contributed by atoms with Gasteiger partial charge in [0.2, 0.25) is 0 Å². The number of carbonyl (C=O) groups excluding carboxylic acids is 1. The summed E-state index contributed by atoms with van der Waals surface area (Å²) in [5.74, 6) is 0. The van der Waals surface area contributed by atoms with Crippen LogP contribution in [0.3, 0.4) is 0 Å². The van der Waals surface area contributed by atoms with Crippen LogP contribution in [0.2, 0.25) is 4.47 Å². The van der Waals surface area contributed by atoms with Gasteiger partial charge in [-0.1, -0.05) is 25.4 Å². The summed E-state index contributed by atoms with van der Waals surface area (Å²) in [6.45, 7) is 3.76. The van der Waals surface area contributed by atoms with Crippen molar-refractivity contribution < 1.29 is 4.79 Å². The van der Waals surface area contributed by atoms with Crippen molar-refractivity contribution in [3.8, 4) is 0 Å². The molecule has 66 valence electrons. The molecule has 4 heteroatoms. The average molecular weight is 204 g/mol. The zero-order chi connectivity index (χ0) is 9.19. The van der Waals surface area contributed by atoms with Crippen LogP contribution in [0.25, 0.3) is 0 Å². The minimum absolute atomic E-state index is 0.336. The van der Waals surface area contributed by atoms with Gasteiger partial charge in [-0.3, -0.25) is 0 Å². The monoisotopic (exact) mass is 203 g/mol. The van der Waals surface area contributed by atoms with Gasteiger partial charge >= 0.3 is 0 Å². The summed E-state index contributed by atoms with van der Waals surface area (Å²) in [7, 11) is 0. The Morgan fingerprint density at radius 3 is 2.83 bits per heavy atom. The van der Waals surface area contributed by atoms with Gasteiger partial charge in [-0.15, -0.1) is 11.3 Å². The summed E-state index contributed by atoms with van der Waals surface area (Å²) in [6, 6.07) is 0. The Hall–Kier alpha value is -0.410. The van der Waals surface area contributed by atoms with Crippen LogP contribution in [-0.2, 0) is 11.2 Å². The Kier molecular flexibility index (Phi) is 2.85. The summed E-state index contributed by atoms with van der Waals surface area (Å²) in [6.07, 6.45) is 1.60. The average Bonchev–Trinajstić information content (AvgIpc) is 2.35. The van der Waals surface area contributed by atoms with Crippen molar-refractivity contribution in [2.75, 3.05) is 0 Å². The zero-order valence-electron chi connectivity index (χ0n) is 7.00. The summed E-state index contributed by atoms with van der Waals surface area (Å²) in [5, 5.41) is 1.88. The molecule has 1 rings (SSSR count). The molecule has 1 aromatic rings. The summed E-state index contributed by atoms with van der Waals surface area (Å²) < 4.78 is 0.534. The van der Waals surface area contributed by atoms with Crippen molar-refractivity contribution in [1.29, 1.82) is 0 Å². The molecule has 0 aromatic carbocycles. The van der Waals surface area contributed by atoms with Gasteiger partial charge in [-0.25, -0.2) is 4.98 Å². The fraction of sp³-hybridized carbons (Fsp3) is 0.500. The molecule has 0 radical (unpaired) electrons. The largest absolute Gasteiger partial charge is 0.303 e. The quantitative estimate of drug-likeness (QED) is 0.707. The van der Waals surface area contributed by atoms with E-state index in [0.717, 1.165) is 12.0 Å². The fourth-order valence-electron chi connectivity index (χ4n) is 0.872. The van der Waals surface area contributed by atoms with Gasteiger partial charge in [0.15, 0.2) is 4.47 Å². The van der Waals surface area contributed by atoms with Crippen LogP contribution in [0.1, 0.15) is 19.5 Å². The van der Waals surface area contributed by atoms with E-state index in [0.29, 0.717) is 10.9 Å². The predicted octanol–water partition coefficient (Wildman–Crippen LogP) is 2.56. The molecule has 0 aliphatic rings. The van der Waals surface area contributed by atoms with Crippen LogP contribution in [0.5, 0.6) is 0 Å². The van der Waals surface area contributed by atoms with Gasteiger partial charge in [0.05, 0.1) is 5.69 Å². The highest BCUT2D eigenvalue weighted by Crippen LogP contribution is 2.22. The number of aldehydes is 1. The first-order valence-electron chi connectivity index (χ1n) is 3.60. The molecule has 0 saturated carbocycles. The van der Waals surface area contributed by atoms with Gasteiger partial charge in [0.1, 0.15) is 6.29 Å². The third kappa shape index (κ3) is 2.57. The van der Waals surface area contributed by atoms with Crippen molar-refractivity contribution in [2.24, 2.45) is 5.41 Å². The Morgan fingerprint density at radius 1 is 1.75 bits per heavy atom. The molecule has 0 aliphatic heterocycles. The van der Waals surface area contributed by atoms with Crippen LogP contribution in [-0.4, -0.2) is 11.3 Å². The minimum Gasteiger partial charge on any atom is -0.303 e. The number of nitrogens with zero attached hydrogens (tertiary/aromatic N) is 1. The number of rotatable bonds is 3. The van der Waals surface area contributed by atoms with Crippen LogP contribution in [0.15, 0.2) is 5.38 Å². The molecule has 0 unspecified atom stereocenters. The maximum absolute atomic E-state index is 10.6. The summed E-state index contributed by atoms with van der Waals surface area (Å²) in [4.78, 5) is 14.6. The molecule has 0 bridgehead atoms. The molecular formula is C8H10ClNOS. The van der Waals surface area contributed by atoms with Gasteiger partial charge in [-0.05, 0) is 0 Å². The fourth-order valence-corrected chi connectivity index (χ4v) is 1.65. The SMILES string of the molecule is CC(C)(C=O)Cc1csc(Cl)n1. The molecule has 0 N–H and O–H groups in total. The maximum Gasteiger partial charge on any atom is 0.183 e. The Labute approximate surface area is 80.6 Å². The van der Waals surface area contributed by atoms with Crippen LogP contribution >= 0.6 is 22.9 Å². The van der Waals surface area contributed by atoms with E-state index in [2.05, 4.69) is 4.98 Å². The van der Waals surface area contributed by atoms with Crippen LogP contribution < -0.4 is 0 Å². The lowest BCUT2D eigenvalue weighted by atomic mass is 9.90. The minimum atomic E-state index is -0.336. The zero-order valence-corrected chi connectivity index (χ0v) is 8.58. The number of hydrogen-bond donors (Lipinski definition) is 0. The molecule has 0 aliphatic carbocycles. The number of hydrogen-bond acceptors (Lipinski definition) is 3. The van der Waals surface area contributed by atoms with E-state index in [9.17, 15) is 4.79 Å². The first-order chi connectivity index (χ1) is 5.53. The van der Waals surface area contributed by atoms with Gasteiger partial charge in [0.25, 0.3) is 0 Å². The van der Waals surface area contributed by atoms with E-state index in [1.165, 1.54) is 11.3 Å². The van der Waals surface area contributed by atoms with E-state index < -0.39 is 0 Å². The molecule has 12 heavy (non-hydrogen) atoms. The number of aromatic nitrogens is 1. The molecule has 0 spiro atoms. The van der Waals surface area contributed by atoms with Gasteiger partial charge in [-0.2, -0.15) is 0 Å². The third-order valence-electron chi connectivity index (χ3n) is 1.48. The second-order valence-electron chi connectivity index (χ2n) is 3.38. The maximum atomic E-state index is 10.6. The molecule has 0 fully saturated rings. The smallest absolute Gasteiger partial charge is 0.183 e. The second-order valence-corrected chi connectivity index (χ2v) is 4.82. The topological polar surface area (TPSA) is 30.0 Å². The molecule has 0 atom stereocenters. The van der Waals surface area contributed by atoms with Crippen molar-refractivity contribution >= 4 is 29.2 Å². The summed E-state index contributed by atoms with van der Waals surface area (Å²) in [5.41, 5.74) is 0.555. The third-order valence-corrected chi connectivity index (χ3v) is 2.51. The normalized spacial score (nSPS) is 11.6.